The van der Waals surface area contributed by atoms with Crippen molar-refractivity contribution in [3.05, 3.63) is 30.0 Å². The van der Waals surface area contributed by atoms with Gasteiger partial charge in [0.1, 0.15) is 5.78 Å². The van der Waals surface area contributed by atoms with Crippen LogP contribution in [0.2, 0.25) is 0 Å². The van der Waals surface area contributed by atoms with Gasteiger partial charge in [0.15, 0.2) is 0 Å². The molecule has 1 saturated heterocycles. The Bertz CT molecular complexity index is 770. The van der Waals surface area contributed by atoms with Crippen molar-refractivity contribution in [2.24, 2.45) is 5.92 Å². The van der Waals surface area contributed by atoms with E-state index in [4.69, 9.17) is 4.74 Å². The fraction of sp³-hybridized carbons (Fsp3) is 0.500. The number of fused-ring (bicyclic) bond motifs is 1. The number of amides is 1. The molecule has 1 aliphatic carbocycles. The number of ketones is 1. The molecular formula is C18H21N3O3. The minimum atomic E-state index is -0.155. The molecule has 1 amide bonds. The summed E-state index contributed by atoms with van der Waals surface area (Å²) in [7, 11) is 0. The van der Waals surface area contributed by atoms with Crippen molar-refractivity contribution in [1.29, 1.82) is 0 Å². The summed E-state index contributed by atoms with van der Waals surface area (Å²) in [5.74, 6) is 0.134. The summed E-state index contributed by atoms with van der Waals surface area (Å²) in [6.07, 6.45) is 5.20. The lowest BCUT2D eigenvalue weighted by Gasteiger charge is -2.40. The van der Waals surface area contributed by atoms with Crippen molar-refractivity contribution in [2.45, 2.75) is 31.7 Å². The summed E-state index contributed by atoms with van der Waals surface area (Å²) in [6.45, 7) is 1.49. The van der Waals surface area contributed by atoms with Crippen LogP contribution in [0, 0.1) is 5.92 Å². The zero-order chi connectivity index (χ0) is 16.5. The summed E-state index contributed by atoms with van der Waals surface area (Å²) in [5.41, 5.74) is 1.36. The number of hydrogen-bond acceptors (Lipinski definition) is 4. The number of carbonyl (C=O) groups is 2. The average Bonchev–Trinajstić information content (AvgIpc) is 3.10. The van der Waals surface area contributed by atoms with Gasteiger partial charge in [-0.15, -0.1) is 0 Å². The molecule has 2 aliphatic rings. The van der Waals surface area contributed by atoms with E-state index in [0.29, 0.717) is 31.7 Å². The second-order valence-electron chi connectivity index (χ2n) is 6.60. The zero-order valence-corrected chi connectivity index (χ0v) is 13.5. The third-order valence-electron chi connectivity index (χ3n) is 5.20. The van der Waals surface area contributed by atoms with Gasteiger partial charge in [0.05, 0.1) is 36.5 Å². The van der Waals surface area contributed by atoms with Crippen LogP contribution in [0.1, 0.15) is 36.0 Å². The Balaban J connectivity index is 1.66. The Morgan fingerprint density at radius 1 is 1.33 bits per heavy atom. The van der Waals surface area contributed by atoms with Gasteiger partial charge in [-0.2, -0.15) is 5.10 Å². The van der Waals surface area contributed by atoms with Gasteiger partial charge in [0.2, 0.25) is 0 Å². The fourth-order valence-corrected chi connectivity index (χ4v) is 3.93. The maximum absolute atomic E-state index is 13.2. The molecule has 1 saturated carbocycles. The van der Waals surface area contributed by atoms with E-state index in [1.807, 2.05) is 23.1 Å². The van der Waals surface area contributed by atoms with Gasteiger partial charge in [-0.25, -0.2) is 0 Å². The molecule has 4 rings (SSSR count). The minimum absolute atomic E-state index is 0.0449. The average molecular weight is 327 g/mol. The molecule has 2 fully saturated rings. The number of aromatic nitrogens is 2. The molecule has 6 nitrogen and oxygen atoms in total. The molecule has 0 spiro atoms. The molecule has 0 bridgehead atoms. The highest BCUT2D eigenvalue weighted by atomic mass is 16.5. The fourth-order valence-electron chi connectivity index (χ4n) is 3.93. The number of morpholine rings is 1. The highest BCUT2D eigenvalue weighted by molar-refractivity contribution is 6.05. The summed E-state index contributed by atoms with van der Waals surface area (Å²) in [4.78, 5) is 27.4. The normalized spacial score (nSPS) is 25.2. The summed E-state index contributed by atoms with van der Waals surface area (Å²) < 4.78 is 5.61. The highest BCUT2D eigenvalue weighted by Gasteiger charge is 2.38. The van der Waals surface area contributed by atoms with E-state index in [1.165, 1.54) is 0 Å². The molecule has 1 aliphatic heterocycles. The van der Waals surface area contributed by atoms with Crippen molar-refractivity contribution in [1.82, 2.24) is 15.1 Å². The highest BCUT2D eigenvalue weighted by Crippen LogP contribution is 2.29. The van der Waals surface area contributed by atoms with Crippen molar-refractivity contribution < 1.29 is 14.3 Å². The smallest absolute Gasteiger partial charge is 0.256 e. The minimum Gasteiger partial charge on any atom is -0.377 e. The lowest BCUT2D eigenvalue weighted by molar-refractivity contribution is -0.129. The number of nitrogens with one attached hydrogen (secondary N) is 1. The van der Waals surface area contributed by atoms with Crippen molar-refractivity contribution in [2.75, 3.05) is 19.8 Å². The molecule has 24 heavy (non-hydrogen) atoms. The monoisotopic (exact) mass is 327 g/mol. The standard InChI is InChI=1S/C18H21N3O3/c22-16-7-2-1-5-13(16)15-11-24-9-8-21(15)18(23)14-6-3-4-12-10-19-20-17(12)14/h3-4,6,10,13,15H,1-2,5,7-9,11H2,(H,19,20). The molecule has 2 aromatic rings. The topological polar surface area (TPSA) is 75.3 Å². The van der Waals surface area contributed by atoms with Crippen molar-refractivity contribution in [3.63, 3.8) is 0 Å². The predicted octanol–water partition coefficient (Wildman–Crippen LogP) is 2.16. The second-order valence-corrected chi connectivity index (χ2v) is 6.60. The third-order valence-corrected chi connectivity index (χ3v) is 5.20. The molecule has 1 aromatic carbocycles. The largest absolute Gasteiger partial charge is 0.377 e. The van der Waals surface area contributed by atoms with E-state index < -0.39 is 0 Å². The Morgan fingerprint density at radius 2 is 2.25 bits per heavy atom. The van der Waals surface area contributed by atoms with E-state index in [1.54, 1.807) is 6.20 Å². The lowest BCUT2D eigenvalue weighted by Crippen LogP contribution is -2.54. The van der Waals surface area contributed by atoms with Gasteiger partial charge >= 0.3 is 0 Å². The Morgan fingerprint density at radius 3 is 3.12 bits per heavy atom. The summed E-state index contributed by atoms with van der Waals surface area (Å²) >= 11 is 0. The van der Waals surface area contributed by atoms with E-state index in [2.05, 4.69) is 10.2 Å². The molecule has 2 unspecified atom stereocenters. The lowest BCUT2D eigenvalue weighted by atomic mass is 9.82. The quantitative estimate of drug-likeness (QED) is 0.917. The van der Waals surface area contributed by atoms with Crippen LogP contribution in [0.25, 0.3) is 10.9 Å². The first-order valence-corrected chi connectivity index (χ1v) is 8.59. The Hall–Kier alpha value is -2.21. The number of H-pyrrole nitrogens is 1. The predicted molar refractivity (Wildman–Crippen MR) is 88.7 cm³/mol. The summed E-state index contributed by atoms with van der Waals surface area (Å²) in [6, 6.07) is 5.46. The first-order chi connectivity index (χ1) is 11.8. The maximum atomic E-state index is 13.2. The number of para-hydroxylation sites is 1. The van der Waals surface area contributed by atoms with Gasteiger partial charge in [0, 0.05) is 24.3 Å². The second kappa shape index (κ2) is 6.36. The SMILES string of the molecule is O=C1CCCCC1C1COCCN1C(=O)c1cccc2cn[nH]c12. The molecule has 2 heterocycles. The van der Waals surface area contributed by atoms with Crippen LogP contribution >= 0.6 is 0 Å². The van der Waals surface area contributed by atoms with Crippen LogP contribution in [0.4, 0.5) is 0 Å². The van der Waals surface area contributed by atoms with Gasteiger partial charge in [0.25, 0.3) is 5.91 Å². The number of rotatable bonds is 2. The van der Waals surface area contributed by atoms with Gasteiger partial charge in [-0.3, -0.25) is 14.7 Å². The van der Waals surface area contributed by atoms with Crippen LogP contribution in [-0.4, -0.2) is 52.6 Å². The number of aromatic amines is 1. The molecule has 1 aromatic heterocycles. The first kappa shape index (κ1) is 15.3. The van der Waals surface area contributed by atoms with E-state index in [-0.39, 0.29) is 23.7 Å². The number of Topliss-reactive ketones (excluding diaryl/α,β-unsaturated/α-hetero) is 1. The number of nitrogens with zero attached hydrogens (tertiary/aromatic N) is 2. The van der Waals surface area contributed by atoms with E-state index in [0.717, 1.165) is 30.2 Å². The number of carbonyl (C=O) groups excluding carboxylic acids is 2. The van der Waals surface area contributed by atoms with Crippen LogP contribution < -0.4 is 0 Å². The molecular weight excluding hydrogens is 306 g/mol. The first-order valence-electron chi connectivity index (χ1n) is 8.59. The number of hydrogen-bond donors (Lipinski definition) is 1. The van der Waals surface area contributed by atoms with Crippen molar-refractivity contribution in [3.8, 4) is 0 Å². The molecule has 6 heteroatoms. The molecule has 1 N–H and O–H groups in total. The molecule has 0 radical (unpaired) electrons. The number of benzene rings is 1. The molecule has 2 atom stereocenters. The Kier molecular flexibility index (Phi) is 4.06. The van der Waals surface area contributed by atoms with E-state index >= 15 is 0 Å². The Labute approximate surface area is 140 Å². The summed E-state index contributed by atoms with van der Waals surface area (Å²) in [5, 5.41) is 7.87. The molecule has 126 valence electrons. The number of ether oxygens (including phenoxy) is 1. The van der Waals surface area contributed by atoms with Crippen molar-refractivity contribution >= 4 is 22.6 Å². The van der Waals surface area contributed by atoms with Gasteiger partial charge in [-0.05, 0) is 18.9 Å². The van der Waals surface area contributed by atoms with Crippen LogP contribution in [0.3, 0.4) is 0 Å². The van der Waals surface area contributed by atoms with Gasteiger partial charge in [-0.1, -0.05) is 18.6 Å². The zero-order valence-electron chi connectivity index (χ0n) is 13.5. The van der Waals surface area contributed by atoms with Crippen LogP contribution in [0.5, 0.6) is 0 Å². The van der Waals surface area contributed by atoms with E-state index in [9.17, 15) is 9.59 Å². The maximum Gasteiger partial charge on any atom is 0.256 e. The third kappa shape index (κ3) is 2.60. The van der Waals surface area contributed by atoms with Crippen LogP contribution in [0.15, 0.2) is 24.4 Å². The van der Waals surface area contributed by atoms with Crippen LogP contribution in [-0.2, 0) is 9.53 Å². The van der Waals surface area contributed by atoms with Gasteiger partial charge < -0.3 is 9.64 Å².